The topological polar surface area (TPSA) is 58.4 Å². The first-order chi connectivity index (χ1) is 7.90. The number of hydrogen-bond acceptors (Lipinski definition) is 4. The molecule has 0 aliphatic rings. The van der Waals surface area contributed by atoms with Gasteiger partial charge in [0.2, 0.25) is 0 Å². The summed E-state index contributed by atoms with van der Waals surface area (Å²) >= 11 is 0. The second kappa shape index (κ2) is 5.68. The number of anilines is 2. The van der Waals surface area contributed by atoms with Gasteiger partial charge in [0.15, 0.2) is 5.78 Å². The largest absolute Gasteiger partial charge is 0.398 e. The molecule has 1 atom stereocenters. The minimum atomic E-state index is -0.00427. The Morgan fingerprint density at radius 2 is 2.12 bits per heavy atom. The van der Waals surface area contributed by atoms with Crippen LogP contribution in [-0.4, -0.2) is 37.4 Å². The first-order valence-electron chi connectivity index (χ1n) is 5.72. The molecule has 0 aliphatic carbocycles. The molecule has 1 aromatic carbocycles. The van der Waals surface area contributed by atoms with Crippen LogP contribution < -0.4 is 11.1 Å². The van der Waals surface area contributed by atoms with E-state index in [0.29, 0.717) is 17.3 Å². The third kappa shape index (κ3) is 4.07. The highest BCUT2D eigenvalue weighted by atomic mass is 16.1. The van der Waals surface area contributed by atoms with Gasteiger partial charge in [-0.3, -0.25) is 4.79 Å². The standard InChI is InChI=1S/C13H21N3O/c1-9(8-16(3)4)15-11-5-6-12(10(2)17)13(14)7-11/h5-7,9,15H,8,14H2,1-4H3. The Morgan fingerprint density at radius 1 is 1.47 bits per heavy atom. The number of likely N-dealkylation sites (N-methyl/N-ethyl adjacent to an activating group) is 1. The van der Waals surface area contributed by atoms with E-state index in [0.717, 1.165) is 12.2 Å². The van der Waals surface area contributed by atoms with Gasteiger partial charge in [-0.25, -0.2) is 0 Å². The van der Waals surface area contributed by atoms with Gasteiger partial charge in [-0.2, -0.15) is 0 Å². The van der Waals surface area contributed by atoms with Crippen LogP contribution in [0.1, 0.15) is 24.2 Å². The van der Waals surface area contributed by atoms with Crippen LogP contribution in [0.2, 0.25) is 0 Å². The lowest BCUT2D eigenvalue weighted by Gasteiger charge is -2.19. The maximum atomic E-state index is 11.2. The second-order valence-electron chi connectivity index (χ2n) is 4.67. The summed E-state index contributed by atoms with van der Waals surface area (Å²) in [5, 5.41) is 3.35. The van der Waals surface area contributed by atoms with Crippen LogP contribution >= 0.6 is 0 Å². The van der Waals surface area contributed by atoms with Crippen molar-refractivity contribution in [3.8, 4) is 0 Å². The van der Waals surface area contributed by atoms with Crippen LogP contribution in [0.4, 0.5) is 11.4 Å². The minimum absolute atomic E-state index is 0.00427. The highest BCUT2D eigenvalue weighted by molar-refractivity contribution is 5.99. The van der Waals surface area contributed by atoms with Gasteiger partial charge in [0.1, 0.15) is 0 Å². The lowest BCUT2D eigenvalue weighted by Crippen LogP contribution is -2.29. The molecule has 0 radical (unpaired) electrons. The molecule has 1 aromatic rings. The monoisotopic (exact) mass is 235 g/mol. The Morgan fingerprint density at radius 3 is 2.59 bits per heavy atom. The van der Waals surface area contributed by atoms with Gasteiger partial charge in [0, 0.05) is 29.5 Å². The van der Waals surface area contributed by atoms with Crippen LogP contribution in [-0.2, 0) is 0 Å². The number of hydrogen-bond donors (Lipinski definition) is 2. The third-order valence-electron chi connectivity index (χ3n) is 2.48. The summed E-state index contributed by atoms with van der Waals surface area (Å²) in [6, 6.07) is 5.79. The molecule has 0 heterocycles. The number of Topliss-reactive ketones (excluding diaryl/α,β-unsaturated/α-hetero) is 1. The fourth-order valence-electron chi connectivity index (χ4n) is 1.85. The number of nitrogens with one attached hydrogen (secondary N) is 1. The molecule has 0 spiro atoms. The van der Waals surface area contributed by atoms with Crippen molar-refractivity contribution in [2.24, 2.45) is 0 Å². The maximum absolute atomic E-state index is 11.2. The second-order valence-corrected chi connectivity index (χ2v) is 4.67. The van der Waals surface area contributed by atoms with Gasteiger partial charge in [-0.05, 0) is 46.1 Å². The summed E-state index contributed by atoms with van der Waals surface area (Å²) < 4.78 is 0. The van der Waals surface area contributed by atoms with Gasteiger partial charge >= 0.3 is 0 Å². The zero-order valence-corrected chi connectivity index (χ0v) is 10.9. The molecule has 4 nitrogen and oxygen atoms in total. The van der Waals surface area contributed by atoms with Crippen molar-refractivity contribution in [1.29, 1.82) is 0 Å². The van der Waals surface area contributed by atoms with E-state index in [1.54, 1.807) is 6.07 Å². The van der Waals surface area contributed by atoms with Crippen molar-refractivity contribution in [3.63, 3.8) is 0 Å². The van der Waals surface area contributed by atoms with E-state index in [9.17, 15) is 4.79 Å². The SMILES string of the molecule is CC(=O)c1ccc(NC(C)CN(C)C)cc1N. The van der Waals surface area contributed by atoms with Gasteiger partial charge in [-0.15, -0.1) is 0 Å². The number of carbonyl (C=O) groups excluding carboxylic acids is 1. The zero-order valence-electron chi connectivity index (χ0n) is 10.9. The molecule has 4 heteroatoms. The molecular formula is C13H21N3O. The highest BCUT2D eigenvalue weighted by Gasteiger charge is 2.07. The fourth-order valence-corrected chi connectivity index (χ4v) is 1.85. The Kier molecular flexibility index (Phi) is 4.52. The van der Waals surface area contributed by atoms with Crippen LogP contribution in [0, 0.1) is 0 Å². The molecule has 0 saturated heterocycles. The molecular weight excluding hydrogens is 214 g/mol. The zero-order chi connectivity index (χ0) is 13.0. The molecule has 0 aromatic heterocycles. The van der Waals surface area contributed by atoms with Crippen LogP contribution in [0.15, 0.2) is 18.2 Å². The van der Waals surface area contributed by atoms with Gasteiger partial charge in [0.05, 0.1) is 0 Å². The number of nitrogen functional groups attached to an aromatic ring is 1. The van der Waals surface area contributed by atoms with E-state index < -0.39 is 0 Å². The van der Waals surface area contributed by atoms with Crippen LogP contribution in [0.3, 0.4) is 0 Å². The van der Waals surface area contributed by atoms with Gasteiger partial charge in [-0.1, -0.05) is 0 Å². The molecule has 0 aliphatic heterocycles. The number of nitrogens with zero attached hydrogens (tertiary/aromatic N) is 1. The smallest absolute Gasteiger partial charge is 0.161 e. The minimum Gasteiger partial charge on any atom is -0.398 e. The molecule has 1 unspecified atom stereocenters. The van der Waals surface area contributed by atoms with E-state index >= 15 is 0 Å². The van der Waals surface area contributed by atoms with Crippen molar-refractivity contribution >= 4 is 17.2 Å². The highest BCUT2D eigenvalue weighted by Crippen LogP contribution is 2.19. The summed E-state index contributed by atoms with van der Waals surface area (Å²) in [7, 11) is 4.07. The summed E-state index contributed by atoms with van der Waals surface area (Å²) in [4.78, 5) is 13.4. The van der Waals surface area contributed by atoms with E-state index in [2.05, 4.69) is 17.1 Å². The molecule has 94 valence electrons. The Bertz CT molecular complexity index is 402. The van der Waals surface area contributed by atoms with Crippen molar-refractivity contribution in [1.82, 2.24) is 4.90 Å². The Balaban J connectivity index is 2.74. The molecule has 0 bridgehead atoms. The molecule has 17 heavy (non-hydrogen) atoms. The molecule has 0 amide bonds. The van der Waals surface area contributed by atoms with Gasteiger partial charge in [0.25, 0.3) is 0 Å². The van der Waals surface area contributed by atoms with E-state index in [1.807, 2.05) is 26.2 Å². The average Bonchev–Trinajstić information content (AvgIpc) is 2.15. The first kappa shape index (κ1) is 13.5. The van der Waals surface area contributed by atoms with Crippen molar-refractivity contribution < 1.29 is 4.79 Å². The maximum Gasteiger partial charge on any atom is 0.161 e. The Labute approximate surface area is 103 Å². The fraction of sp³-hybridized carbons (Fsp3) is 0.462. The number of benzene rings is 1. The number of ketones is 1. The molecule has 3 N–H and O–H groups in total. The van der Waals surface area contributed by atoms with E-state index in [4.69, 9.17) is 5.73 Å². The van der Waals surface area contributed by atoms with E-state index in [-0.39, 0.29) is 5.78 Å². The first-order valence-corrected chi connectivity index (χ1v) is 5.72. The van der Waals surface area contributed by atoms with Crippen molar-refractivity contribution in [2.75, 3.05) is 31.7 Å². The van der Waals surface area contributed by atoms with Crippen LogP contribution in [0.5, 0.6) is 0 Å². The lowest BCUT2D eigenvalue weighted by atomic mass is 10.1. The molecule has 0 saturated carbocycles. The normalized spacial score (nSPS) is 12.5. The summed E-state index contributed by atoms with van der Waals surface area (Å²) in [6.07, 6.45) is 0. The Hall–Kier alpha value is -1.55. The van der Waals surface area contributed by atoms with Crippen molar-refractivity contribution in [3.05, 3.63) is 23.8 Å². The number of nitrogens with two attached hydrogens (primary N) is 1. The summed E-state index contributed by atoms with van der Waals surface area (Å²) in [5.41, 5.74) is 7.88. The molecule has 1 rings (SSSR count). The van der Waals surface area contributed by atoms with Gasteiger partial charge < -0.3 is 16.0 Å². The molecule has 0 fully saturated rings. The van der Waals surface area contributed by atoms with Crippen molar-refractivity contribution in [2.45, 2.75) is 19.9 Å². The average molecular weight is 235 g/mol. The lowest BCUT2D eigenvalue weighted by molar-refractivity contribution is 0.101. The number of carbonyl (C=O) groups is 1. The van der Waals surface area contributed by atoms with E-state index in [1.165, 1.54) is 6.92 Å². The van der Waals surface area contributed by atoms with Crippen LogP contribution in [0.25, 0.3) is 0 Å². The summed E-state index contributed by atoms with van der Waals surface area (Å²) in [5.74, 6) is -0.00427. The predicted molar refractivity (Wildman–Crippen MR) is 72.5 cm³/mol. The quantitative estimate of drug-likeness (QED) is 0.604. The third-order valence-corrected chi connectivity index (χ3v) is 2.48. The summed E-state index contributed by atoms with van der Waals surface area (Å²) in [6.45, 7) is 4.57. The number of rotatable bonds is 5. The predicted octanol–water partition coefficient (Wildman–Crippen LogP) is 1.83.